The minimum absolute atomic E-state index is 0.127. The Hall–Kier alpha value is -3.01. The first-order chi connectivity index (χ1) is 13.0. The molecule has 2 heterocycles. The van der Waals surface area contributed by atoms with Gasteiger partial charge in [0.1, 0.15) is 23.2 Å². The normalized spacial score (nSPS) is 22.3. The predicted octanol–water partition coefficient (Wildman–Crippen LogP) is 0.735. The van der Waals surface area contributed by atoms with E-state index >= 15 is 0 Å². The zero-order chi connectivity index (χ0) is 19.6. The molecule has 140 valence electrons. The highest BCUT2D eigenvalue weighted by Gasteiger charge is 2.54. The first kappa shape index (κ1) is 18.8. The number of carbonyl (C=O) groups excluding carboxylic acids is 2. The number of nitrogens with zero attached hydrogens (tertiary/aromatic N) is 4. The van der Waals surface area contributed by atoms with Crippen molar-refractivity contribution >= 4 is 29.5 Å². The van der Waals surface area contributed by atoms with Crippen LogP contribution in [0.4, 0.5) is 0 Å². The van der Waals surface area contributed by atoms with E-state index in [0.717, 1.165) is 4.90 Å². The molecule has 2 aliphatic heterocycles. The number of benzene rings is 1. The van der Waals surface area contributed by atoms with Gasteiger partial charge in [-0.15, -0.1) is 11.8 Å². The molecule has 0 aliphatic carbocycles. The molecule has 1 aromatic rings. The Labute approximate surface area is 158 Å². The van der Waals surface area contributed by atoms with E-state index in [1.807, 2.05) is 0 Å². The lowest BCUT2D eigenvalue weighted by Gasteiger charge is -2.49. The zero-order valence-electron chi connectivity index (χ0n) is 14.0. The van der Waals surface area contributed by atoms with Crippen molar-refractivity contribution in [1.82, 2.24) is 10.2 Å². The average Bonchev–Trinajstić information content (AvgIpc) is 2.69. The van der Waals surface area contributed by atoms with E-state index in [1.165, 1.54) is 11.8 Å². The molecule has 1 saturated heterocycles. The molecule has 10 nitrogen and oxygen atoms in total. The molecule has 0 radical (unpaired) electrons. The molecular formula is C16H16N6O4S. The second-order valence-electron chi connectivity index (χ2n) is 5.93. The van der Waals surface area contributed by atoms with E-state index < -0.39 is 35.2 Å². The molecule has 2 aliphatic rings. The molecule has 0 unspecified atom stereocenters. The maximum absolute atomic E-state index is 12.5. The second kappa shape index (κ2) is 7.70. The van der Waals surface area contributed by atoms with Crippen molar-refractivity contribution in [2.75, 3.05) is 12.3 Å². The first-order valence-electron chi connectivity index (χ1n) is 7.97. The Morgan fingerprint density at radius 1 is 1.44 bits per heavy atom. The quantitative estimate of drug-likeness (QED) is 0.282. The van der Waals surface area contributed by atoms with Gasteiger partial charge in [0.25, 0.3) is 5.91 Å². The molecule has 4 N–H and O–H groups in total. The van der Waals surface area contributed by atoms with Crippen LogP contribution in [0.25, 0.3) is 10.4 Å². The number of carboxylic acid groups (broad SMARTS) is 1. The van der Waals surface area contributed by atoms with Crippen LogP contribution in [-0.2, 0) is 14.4 Å². The SMILES string of the molecule is [N-]=[N+]=NCC1=C(C(=O)O)N2C(=O)[C@@H](NC(=O)[C@H](N)c3ccccc3)[C@H]2SC1. The number of thioether (sulfide) groups is 1. The Morgan fingerprint density at radius 2 is 2.15 bits per heavy atom. The van der Waals surface area contributed by atoms with E-state index in [4.69, 9.17) is 11.3 Å². The summed E-state index contributed by atoms with van der Waals surface area (Å²) in [6, 6.07) is 6.94. The van der Waals surface area contributed by atoms with Crippen LogP contribution in [-0.4, -0.2) is 51.5 Å². The van der Waals surface area contributed by atoms with Crippen molar-refractivity contribution in [1.29, 1.82) is 0 Å². The minimum atomic E-state index is -1.28. The summed E-state index contributed by atoms with van der Waals surface area (Å²) in [5, 5.41) is 14.9. The van der Waals surface area contributed by atoms with Crippen molar-refractivity contribution in [3.8, 4) is 0 Å². The number of hydrogen-bond donors (Lipinski definition) is 3. The third-order valence-electron chi connectivity index (χ3n) is 4.31. The van der Waals surface area contributed by atoms with Gasteiger partial charge in [-0.05, 0) is 16.7 Å². The monoisotopic (exact) mass is 388 g/mol. The number of carboxylic acids is 1. The van der Waals surface area contributed by atoms with Crippen LogP contribution in [0.3, 0.4) is 0 Å². The van der Waals surface area contributed by atoms with Crippen LogP contribution in [0.5, 0.6) is 0 Å². The third kappa shape index (κ3) is 3.47. The first-order valence-corrected chi connectivity index (χ1v) is 9.02. The Balaban J connectivity index is 1.74. The van der Waals surface area contributed by atoms with Crippen molar-refractivity contribution in [3.63, 3.8) is 0 Å². The number of nitrogens with two attached hydrogens (primary N) is 1. The Bertz CT molecular complexity index is 867. The Morgan fingerprint density at radius 3 is 2.78 bits per heavy atom. The highest BCUT2D eigenvalue weighted by Crippen LogP contribution is 2.40. The molecule has 0 aromatic heterocycles. The molecule has 3 atom stereocenters. The van der Waals surface area contributed by atoms with Crippen molar-refractivity contribution in [2.45, 2.75) is 17.5 Å². The number of azide groups is 1. The maximum atomic E-state index is 12.5. The number of amides is 2. The molecule has 2 amide bonds. The van der Waals surface area contributed by atoms with E-state index in [2.05, 4.69) is 15.3 Å². The van der Waals surface area contributed by atoms with Gasteiger partial charge in [0.2, 0.25) is 5.91 Å². The van der Waals surface area contributed by atoms with Gasteiger partial charge < -0.3 is 16.2 Å². The van der Waals surface area contributed by atoms with Crippen molar-refractivity contribution in [3.05, 3.63) is 57.6 Å². The summed E-state index contributed by atoms with van der Waals surface area (Å²) in [6.07, 6.45) is 0. The summed E-state index contributed by atoms with van der Waals surface area (Å²) in [4.78, 5) is 40.2. The summed E-state index contributed by atoms with van der Waals surface area (Å²) in [7, 11) is 0. The summed E-state index contributed by atoms with van der Waals surface area (Å²) < 4.78 is 0. The molecule has 11 heteroatoms. The fourth-order valence-corrected chi connectivity index (χ4v) is 4.31. The lowest BCUT2D eigenvalue weighted by molar-refractivity contribution is -0.150. The minimum Gasteiger partial charge on any atom is -0.477 e. The van der Waals surface area contributed by atoms with Gasteiger partial charge in [0.15, 0.2) is 0 Å². The maximum Gasteiger partial charge on any atom is 0.352 e. The van der Waals surface area contributed by atoms with Crippen LogP contribution in [0.1, 0.15) is 11.6 Å². The van der Waals surface area contributed by atoms with E-state index in [-0.39, 0.29) is 18.0 Å². The van der Waals surface area contributed by atoms with Gasteiger partial charge in [0, 0.05) is 10.7 Å². The van der Waals surface area contributed by atoms with Crippen molar-refractivity contribution < 1.29 is 19.5 Å². The van der Waals surface area contributed by atoms with Crippen LogP contribution in [0, 0.1) is 0 Å². The molecule has 1 fully saturated rings. The number of aliphatic carboxylic acids is 1. The van der Waals surface area contributed by atoms with Crippen LogP contribution >= 0.6 is 11.8 Å². The van der Waals surface area contributed by atoms with Gasteiger partial charge in [-0.1, -0.05) is 35.4 Å². The van der Waals surface area contributed by atoms with Crippen LogP contribution < -0.4 is 11.1 Å². The standard InChI is InChI=1S/C16H16N6O4S/c17-10(8-4-2-1-3-5-8)13(23)20-11-14(24)22-12(16(25)26)9(6-19-21-18)7-27-15(11)22/h1-5,10-11,15H,6-7,17H2,(H,20,23)(H,25,26)/t10-,11-,15-/m1/s1. The third-order valence-corrected chi connectivity index (χ3v) is 5.65. The van der Waals surface area contributed by atoms with Crippen molar-refractivity contribution in [2.24, 2.45) is 10.8 Å². The Kier molecular flexibility index (Phi) is 5.36. The van der Waals surface area contributed by atoms with Gasteiger partial charge in [-0.3, -0.25) is 14.5 Å². The number of fused-ring (bicyclic) bond motifs is 1. The van der Waals surface area contributed by atoms with Crippen LogP contribution in [0.2, 0.25) is 0 Å². The number of hydrogen-bond acceptors (Lipinski definition) is 6. The number of carbonyl (C=O) groups is 3. The summed E-state index contributed by atoms with van der Waals surface area (Å²) in [5.41, 5.74) is 15.2. The van der Waals surface area contributed by atoms with Gasteiger partial charge in [-0.2, -0.15) is 0 Å². The smallest absolute Gasteiger partial charge is 0.352 e. The zero-order valence-corrected chi connectivity index (χ0v) is 14.8. The highest BCUT2D eigenvalue weighted by atomic mass is 32.2. The molecular weight excluding hydrogens is 372 g/mol. The molecule has 3 rings (SSSR count). The highest BCUT2D eigenvalue weighted by molar-refractivity contribution is 8.00. The largest absolute Gasteiger partial charge is 0.477 e. The molecule has 1 aromatic carbocycles. The molecule has 0 spiro atoms. The van der Waals surface area contributed by atoms with Gasteiger partial charge >= 0.3 is 5.97 Å². The number of rotatable bonds is 6. The van der Waals surface area contributed by atoms with E-state index in [9.17, 15) is 19.5 Å². The number of nitrogens with one attached hydrogen (secondary N) is 1. The predicted molar refractivity (Wildman–Crippen MR) is 97.1 cm³/mol. The second-order valence-corrected chi connectivity index (χ2v) is 7.04. The lowest BCUT2D eigenvalue weighted by Crippen LogP contribution is -2.71. The topological polar surface area (TPSA) is 161 Å². The van der Waals surface area contributed by atoms with Gasteiger partial charge in [-0.25, -0.2) is 4.79 Å². The molecule has 0 saturated carbocycles. The molecule has 27 heavy (non-hydrogen) atoms. The number of β-lactam (4-membered cyclic amide) rings is 1. The average molecular weight is 388 g/mol. The van der Waals surface area contributed by atoms with E-state index in [0.29, 0.717) is 11.1 Å². The van der Waals surface area contributed by atoms with Gasteiger partial charge in [0.05, 0.1) is 6.54 Å². The fraction of sp³-hybridized carbons (Fsp3) is 0.312. The fourth-order valence-electron chi connectivity index (χ4n) is 2.98. The summed E-state index contributed by atoms with van der Waals surface area (Å²) >= 11 is 1.30. The summed E-state index contributed by atoms with van der Waals surface area (Å²) in [6.45, 7) is -0.127. The van der Waals surface area contributed by atoms with E-state index in [1.54, 1.807) is 30.3 Å². The molecule has 0 bridgehead atoms. The summed E-state index contributed by atoms with van der Waals surface area (Å²) in [5.74, 6) is -2.04. The lowest BCUT2D eigenvalue weighted by atomic mass is 10.0. The van der Waals surface area contributed by atoms with Crippen LogP contribution in [0.15, 0.2) is 46.7 Å².